The average Bonchev–Trinajstić information content (AvgIpc) is 3.08. The summed E-state index contributed by atoms with van der Waals surface area (Å²) in [4.78, 5) is 29.6. The number of carbonyl (C=O) groups is 2. The van der Waals surface area contributed by atoms with Crippen LogP contribution in [0.4, 0.5) is 14.0 Å². The molecule has 2 heterocycles. The van der Waals surface area contributed by atoms with Gasteiger partial charge >= 0.3 is 12.2 Å². The van der Waals surface area contributed by atoms with Gasteiger partial charge in [0.05, 0.1) is 6.54 Å². The van der Waals surface area contributed by atoms with Crippen molar-refractivity contribution in [1.82, 2.24) is 14.7 Å². The van der Waals surface area contributed by atoms with E-state index in [1.807, 2.05) is 20.8 Å². The first-order valence-electron chi connectivity index (χ1n) is 10.6. The highest BCUT2D eigenvalue weighted by Gasteiger charge is 2.44. The Hall–Kier alpha value is -2.05. The summed E-state index contributed by atoms with van der Waals surface area (Å²) in [5.41, 5.74) is -0.539. The molecule has 168 valence electrons. The lowest BCUT2D eigenvalue weighted by Crippen LogP contribution is -2.57. The standard InChI is InChI=1S/C21H32FN3O5/c1-5-17(26)18-13-25(20(28)29-18)14-6-7-16(15(22)12-14)23-8-10-24(11-9-23)19(27)30-21(2,3)4/h1,14-18,26H,6-13H2,2-4H3/t14?,15?,16?,17?,18-/m1/s1. The van der Waals surface area contributed by atoms with Crippen molar-refractivity contribution < 1.29 is 28.6 Å². The zero-order valence-corrected chi connectivity index (χ0v) is 17.9. The summed E-state index contributed by atoms with van der Waals surface area (Å²) in [6, 6.07) is -0.491. The van der Waals surface area contributed by atoms with Gasteiger partial charge in [-0.05, 0) is 33.6 Å². The maximum absolute atomic E-state index is 15.1. The van der Waals surface area contributed by atoms with Crippen LogP contribution in [0.25, 0.3) is 0 Å². The predicted molar refractivity (Wildman–Crippen MR) is 108 cm³/mol. The van der Waals surface area contributed by atoms with Gasteiger partial charge < -0.3 is 24.4 Å². The number of amides is 2. The highest BCUT2D eigenvalue weighted by atomic mass is 19.1. The number of alkyl halides is 1. The predicted octanol–water partition coefficient (Wildman–Crippen LogP) is 1.61. The van der Waals surface area contributed by atoms with Crippen LogP contribution in [0.3, 0.4) is 0 Å². The van der Waals surface area contributed by atoms with Gasteiger partial charge in [0.2, 0.25) is 0 Å². The lowest BCUT2D eigenvalue weighted by molar-refractivity contribution is -0.00613. The Bertz CT molecular complexity index is 683. The van der Waals surface area contributed by atoms with E-state index < -0.39 is 30.1 Å². The maximum Gasteiger partial charge on any atom is 0.410 e. The average molecular weight is 426 g/mol. The van der Waals surface area contributed by atoms with Gasteiger partial charge in [-0.25, -0.2) is 14.0 Å². The molecular weight excluding hydrogens is 393 g/mol. The van der Waals surface area contributed by atoms with Crippen LogP contribution >= 0.6 is 0 Å². The van der Waals surface area contributed by atoms with E-state index in [0.29, 0.717) is 39.0 Å². The number of hydrogen-bond donors (Lipinski definition) is 1. The molecule has 2 saturated heterocycles. The molecule has 2 aliphatic heterocycles. The van der Waals surface area contributed by atoms with Crippen LogP contribution < -0.4 is 0 Å². The Morgan fingerprint density at radius 3 is 2.53 bits per heavy atom. The van der Waals surface area contributed by atoms with Crippen LogP contribution in [-0.2, 0) is 9.47 Å². The Labute approximate surface area is 177 Å². The molecule has 2 amide bonds. The van der Waals surface area contributed by atoms with E-state index in [1.54, 1.807) is 4.90 Å². The van der Waals surface area contributed by atoms with Crippen molar-refractivity contribution >= 4 is 12.2 Å². The molecule has 0 radical (unpaired) electrons. The monoisotopic (exact) mass is 425 g/mol. The summed E-state index contributed by atoms with van der Waals surface area (Å²) in [5.74, 6) is 2.17. The second-order valence-corrected chi connectivity index (χ2v) is 9.24. The molecule has 1 N–H and O–H groups in total. The van der Waals surface area contributed by atoms with Crippen molar-refractivity contribution in [1.29, 1.82) is 0 Å². The Balaban J connectivity index is 1.49. The first-order valence-corrected chi connectivity index (χ1v) is 10.6. The molecule has 0 spiro atoms. The van der Waals surface area contributed by atoms with Crippen molar-refractivity contribution in [3.8, 4) is 12.3 Å². The van der Waals surface area contributed by atoms with Gasteiger partial charge in [0, 0.05) is 44.7 Å². The van der Waals surface area contributed by atoms with Crippen molar-refractivity contribution in [3.05, 3.63) is 0 Å². The molecule has 8 nitrogen and oxygen atoms in total. The molecule has 5 atom stereocenters. The van der Waals surface area contributed by atoms with Crippen molar-refractivity contribution in [2.75, 3.05) is 32.7 Å². The summed E-state index contributed by atoms with van der Waals surface area (Å²) in [5, 5.41) is 9.72. The van der Waals surface area contributed by atoms with Crippen molar-refractivity contribution in [2.24, 2.45) is 0 Å². The highest BCUT2D eigenvalue weighted by Crippen LogP contribution is 2.32. The Kier molecular flexibility index (Phi) is 6.78. The third-order valence-corrected chi connectivity index (χ3v) is 5.97. The van der Waals surface area contributed by atoms with Crippen LogP contribution in [0, 0.1) is 12.3 Å². The number of terminal acetylenes is 1. The minimum absolute atomic E-state index is 0.181. The van der Waals surface area contributed by atoms with E-state index in [4.69, 9.17) is 15.9 Å². The van der Waals surface area contributed by atoms with Crippen molar-refractivity contribution in [3.63, 3.8) is 0 Å². The van der Waals surface area contributed by atoms with Gasteiger partial charge in [0.25, 0.3) is 0 Å². The molecule has 9 heteroatoms. The number of rotatable bonds is 3. The molecular formula is C21H32FN3O5. The zero-order valence-electron chi connectivity index (χ0n) is 17.9. The zero-order chi connectivity index (χ0) is 22.1. The number of ether oxygens (including phenoxy) is 2. The van der Waals surface area contributed by atoms with Crippen LogP contribution in [0.1, 0.15) is 40.0 Å². The van der Waals surface area contributed by atoms with Crippen LogP contribution in [0.15, 0.2) is 0 Å². The lowest BCUT2D eigenvalue weighted by atomic mass is 9.87. The van der Waals surface area contributed by atoms with Gasteiger partial charge in [-0.1, -0.05) is 5.92 Å². The molecule has 0 aromatic rings. The number of aliphatic hydroxyl groups is 1. The summed E-state index contributed by atoms with van der Waals surface area (Å²) < 4.78 is 25.6. The van der Waals surface area contributed by atoms with Crippen LogP contribution in [0.5, 0.6) is 0 Å². The summed E-state index contributed by atoms with van der Waals surface area (Å²) in [6.07, 6.45) is 2.81. The molecule has 3 aliphatic rings. The van der Waals surface area contributed by atoms with Crippen molar-refractivity contribution in [2.45, 2.75) is 76.1 Å². The number of piperazine rings is 1. The molecule has 3 rings (SSSR count). The van der Waals surface area contributed by atoms with E-state index in [0.717, 1.165) is 0 Å². The number of hydrogen-bond acceptors (Lipinski definition) is 6. The SMILES string of the molecule is C#CC(O)[C@H]1CN(C2CCC(N3CCN(C(=O)OC(C)(C)C)CC3)C(F)C2)C(=O)O1. The number of nitrogens with zero attached hydrogens (tertiary/aromatic N) is 3. The van der Waals surface area contributed by atoms with Crippen LogP contribution in [-0.4, -0.2) is 101 Å². The fourth-order valence-corrected chi connectivity index (χ4v) is 4.41. The smallest absolute Gasteiger partial charge is 0.410 e. The number of aliphatic hydroxyl groups excluding tert-OH is 1. The molecule has 1 saturated carbocycles. The highest BCUT2D eigenvalue weighted by molar-refractivity contribution is 5.70. The van der Waals surface area contributed by atoms with Gasteiger partial charge in [-0.2, -0.15) is 0 Å². The first kappa shape index (κ1) is 22.6. The fourth-order valence-electron chi connectivity index (χ4n) is 4.41. The molecule has 0 bridgehead atoms. The molecule has 0 aromatic carbocycles. The van der Waals surface area contributed by atoms with Gasteiger partial charge in [-0.15, -0.1) is 6.42 Å². The molecule has 4 unspecified atom stereocenters. The summed E-state index contributed by atoms with van der Waals surface area (Å²) >= 11 is 0. The topological polar surface area (TPSA) is 82.5 Å². The Morgan fingerprint density at radius 2 is 1.97 bits per heavy atom. The minimum Gasteiger partial charge on any atom is -0.444 e. The third kappa shape index (κ3) is 5.16. The minimum atomic E-state index is -1.15. The van der Waals surface area contributed by atoms with E-state index in [9.17, 15) is 14.7 Å². The van der Waals surface area contributed by atoms with Gasteiger partial charge in [0.15, 0.2) is 12.2 Å². The number of cyclic esters (lactones) is 1. The summed E-state index contributed by atoms with van der Waals surface area (Å²) in [7, 11) is 0. The van der Waals surface area contributed by atoms with Gasteiger partial charge in [-0.3, -0.25) is 4.90 Å². The molecule has 3 fully saturated rings. The number of carbonyl (C=O) groups excluding carboxylic acids is 2. The van der Waals surface area contributed by atoms with E-state index in [1.165, 1.54) is 4.90 Å². The van der Waals surface area contributed by atoms with E-state index in [-0.39, 0.29) is 31.1 Å². The summed E-state index contributed by atoms with van der Waals surface area (Å²) in [6.45, 7) is 7.88. The second kappa shape index (κ2) is 8.98. The Morgan fingerprint density at radius 1 is 1.30 bits per heavy atom. The largest absolute Gasteiger partial charge is 0.444 e. The quantitative estimate of drug-likeness (QED) is 0.692. The number of halogens is 1. The maximum atomic E-state index is 15.1. The molecule has 1 aliphatic carbocycles. The van der Waals surface area contributed by atoms with E-state index in [2.05, 4.69) is 10.8 Å². The molecule has 30 heavy (non-hydrogen) atoms. The lowest BCUT2D eigenvalue weighted by Gasteiger charge is -2.44. The molecule has 0 aromatic heterocycles. The van der Waals surface area contributed by atoms with Crippen LogP contribution in [0.2, 0.25) is 0 Å². The normalized spacial score (nSPS) is 31.8. The first-order chi connectivity index (χ1) is 14.1. The second-order valence-electron chi connectivity index (χ2n) is 9.24. The fraction of sp³-hybridized carbons (Fsp3) is 0.810. The van der Waals surface area contributed by atoms with E-state index >= 15 is 4.39 Å². The third-order valence-electron chi connectivity index (χ3n) is 5.97. The van der Waals surface area contributed by atoms with Gasteiger partial charge in [0.1, 0.15) is 11.8 Å².